The summed E-state index contributed by atoms with van der Waals surface area (Å²) in [6, 6.07) is 0. The molecule has 0 saturated carbocycles. The molecule has 6 heteroatoms. The van der Waals surface area contributed by atoms with Crippen molar-refractivity contribution in [1.82, 2.24) is 15.1 Å². The van der Waals surface area contributed by atoms with Crippen LogP contribution in [0.2, 0.25) is 5.15 Å². The Balaban J connectivity index is 2.50. The van der Waals surface area contributed by atoms with Crippen LogP contribution in [0.3, 0.4) is 0 Å². The lowest BCUT2D eigenvalue weighted by Gasteiger charge is -2.07. The van der Waals surface area contributed by atoms with Crippen LogP contribution in [0.5, 0.6) is 0 Å². The fraction of sp³-hybridized carbons (Fsp3) is 0.538. The van der Waals surface area contributed by atoms with Gasteiger partial charge in [0.15, 0.2) is 0 Å². The van der Waals surface area contributed by atoms with Gasteiger partial charge >= 0.3 is 0 Å². The molecule has 1 atom stereocenters. The Kier molecular flexibility index (Phi) is 6.05. The van der Waals surface area contributed by atoms with Gasteiger partial charge in [0.05, 0.1) is 11.8 Å². The van der Waals surface area contributed by atoms with E-state index in [0.717, 1.165) is 11.3 Å². The lowest BCUT2D eigenvalue weighted by Crippen LogP contribution is -2.25. The predicted octanol–water partition coefficient (Wildman–Crippen LogP) is 1.67. The van der Waals surface area contributed by atoms with Crippen LogP contribution in [0.15, 0.2) is 6.08 Å². The first-order valence-corrected chi connectivity index (χ1v) is 6.66. The molecular formula is C13H20ClN3O2. The number of carbonyl (C=O) groups is 1. The number of amides is 1. The van der Waals surface area contributed by atoms with Crippen molar-refractivity contribution in [3.05, 3.63) is 22.5 Å². The Hall–Kier alpha value is -1.33. The third-order valence-corrected chi connectivity index (χ3v) is 3.29. The van der Waals surface area contributed by atoms with Gasteiger partial charge < -0.3 is 10.4 Å². The van der Waals surface area contributed by atoms with Crippen molar-refractivity contribution >= 4 is 23.6 Å². The zero-order chi connectivity index (χ0) is 14.4. The fourth-order valence-electron chi connectivity index (χ4n) is 1.62. The number of nitrogens with one attached hydrogen (secondary N) is 1. The molecule has 1 rings (SSSR count). The standard InChI is InChI=1S/C13H20ClN3O2/c1-4-10(18)7-8-15-12(19)6-5-11-9(2)16-17(3)13(11)14/h5-6,10,18H,4,7-8H2,1-3H3,(H,15,19)/b6-5+. The largest absolute Gasteiger partial charge is 0.393 e. The highest BCUT2D eigenvalue weighted by Crippen LogP contribution is 2.19. The average Bonchev–Trinajstić information content (AvgIpc) is 2.61. The number of aliphatic hydroxyl groups is 1. The van der Waals surface area contributed by atoms with Gasteiger partial charge in [0.1, 0.15) is 5.15 Å². The summed E-state index contributed by atoms with van der Waals surface area (Å²) in [5.41, 5.74) is 1.52. The third-order valence-electron chi connectivity index (χ3n) is 2.85. The van der Waals surface area contributed by atoms with Gasteiger partial charge in [0, 0.05) is 25.2 Å². The van der Waals surface area contributed by atoms with Crippen molar-refractivity contribution < 1.29 is 9.90 Å². The number of hydrogen-bond donors (Lipinski definition) is 2. The van der Waals surface area contributed by atoms with E-state index in [1.807, 2.05) is 13.8 Å². The summed E-state index contributed by atoms with van der Waals surface area (Å²) in [6.07, 6.45) is 3.96. The van der Waals surface area contributed by atoms with E-state index in [2.05, 4.69) is 10.4 Å². The maximum Gasteiger partial charge on any atom is 0.244 e. The molecule has 0 fully saturated rings. The first-order valence-electron chi connectivity index (χ1n) is 6.28. The van der Waals surface area contributed by atoms with Gasteiger partial charge in [-0.15, -0.1) is 0 Å². The zero-order valence-electron chi connectivity index (χ0n) is 11.5. The number of carbonyl (C=O) groups excluding carboxylic acids is 1. The fourth-order valence-corrected chi connectivity index (χ4v) is 1.86. The molecule has 0 radical (unpaired) electrons. The summed E-state index contributed by atoms with van der Waals surface area (Å²) in [5, 5.41) is 16.7. The van der Waals surface area contributed by atoms with Gasteiger partial charge in [0.25, 0.3) is 0 Å². The molecule has 0 aliphatic heterocycles. The van der Waals surface area contributed by atoms with Crippen molar-refractivity contribution in [2.24, 2.45) is 7.05 Å². The summed E-state index contributed by atoms with van der Waals surface area (Å²) in [7, 11) is 1.75. The minimum absolute atomic E-state index is 0.206. The summed E-state index contributed by atoms with van der Waals surface area (Å²) < 4.78 is 1.56. The van der Waals surface area contributed by atoms with E-state index < -0.39 is 0 Å². The highest BCUT2D eigenvalue weighted by atomic mass is 35.5. The van der Waals surface area contributed by atoms with E-state index in [1.54, 1.807) is 17.8 Å². The van der Waals surface area contributed by atoms with Crippen LogP contribution in [-0.4, -0.2) is 33.4 Å². The van der Waals surface area contributed by atoms with E-state index in [9.17, 15) is 9.90 Å². The Morgan fingerprint density at radius 2 is 2.32 bits per heavy atom. The number of nitrogens with zero attached hydrogens (tertiary/aromatic N) is 2. The Morgan fingerprint density at radius 3 is 2.84 bits per heavy atom. The zero-order valence-corrected chi connectivity index (χ0v) is 12.2. The van der Waals surface area contributed by atoms with Crippen LogP contribution in [0.4, 0.5) is 0 Å². The molecule has 1 unspecified atom stereocenters. The minimum atomic E-state index is -0.362. The van der Waals surface area contributed by atoms with Crippen LogP contribution in [0, 0.1) is 6.92 Å². The van der Waals surface area contributed by atoms with Crippen molar-refractivity contribution in [3.63, 3.8) is 0 Å². The normalized spacial score (nSPS) is 12.9. The molecule has 1 amide bonds. The van der Waals surface area contributed by atoms with Crippen LogP contribution in [-0.2, 0) is 11.8 Å². The highest BCUT2D eigenvalue weighted by Gasteiger charge is 2.08. The smallest absolute Gasteiger partial charge is 0.244 e. The first kappa shape index (κ1) is 15.7. The summed E-state index contributed by atoms with van der Waals surface area (Å²) >= 11 is 6.05. The van der Waals surface area contributed by atoms with E-state index in [1.165, 1.54) is 6.08 Å². The maximum atomic E-state index is 11.6. The molecule has 0 saturated heterocycles. The van der Waals surface area contributed by atoms with Crippen LogP contribution >= 0.6 is 11.6 Å². The first-order chi connectivity index (χ1) is 8.95. The molecule has 0 aliphatic carbocycles. The second kappa shape index (κ2) is 7.31. The second-order valence-corrected chi connectivity index (χ2v) is 4.75. The number of hydrogen-bond acceptors (Lipinski definition) is 3. The Morgan fingerprint density at radius 1 is 1.63 bits per heavy atom. The molecule has 5 nitrogen and oxygen atoms in total. The van der Waals surface area contributed by atoms with Crippen molar-refractivity contribution in [3.8, 4) is 0 Å². The van der Waals surface area contributed by atoms with Crippen LogP contribution in [0.25, 0.3) is 6.08 Å². The number of aryl methyl sites for hydroxylation is 2. The van der Waals surface area contributed by atoms with Crippen molar-refractivity contribution in [1.29, 1.82) is 0 Å². The van der Waals surface area contributed by atoms with E-state index in [-0.39, 0.29) is 12.0 Å². The summed E-state index contributed by atoms with van der Waals surface area (Å²) in [6.45, 7) is 4.19. The molecule has 0 aromatic carbocycles. The van der Waals surface area contributed by atoms with Gasteiger partial charge in [-0.3, -0.25) is 9.48 Å². The van der Waals surface area contributed by atoms with E-state index >= 15 is 0 Å². The predicted molar refractivity (Wildman–Crippen MR) is 75.9 cm³/mol. The molecule has 1 heterocycles. The van der Waals surface area contributed by atoms with Gasteiger partial charge in [-0.1, -0.05) is 18.5 Å². The van der Waals surface area contributed by atoms with Gasteiger partial charge in [-0.25, -0.2) is 0 Å². The Labute approximate surface area is 118 Å². The average molecular weight is 286 g/mol. The van der Waals surface area contributed by atoms with Crippen LogP contribution < -0.4 is 5.32 Å². The SMILES string of the molecule is CCC(O)CCNC(=O)/C=C/c1c(C)nn(C)c1Cl. The molecular weight excluding hydrogens is 266 g/mol. The monoisotopic (exact) mass is 285 g/mol. The number of rotatable bonds is 6. The number of halogens is 1. The van der Waals surface area contributed by atoms with Gasteiger partial charge in [-0.05, 0) is 25.8 Å². The highest BCUT2D eigenvalue weighted by molar-refractivity contribution is 6.31. The molecule has 0 aliphatic rings. The quantitative estimate of drug-likeness (QED) is 0.782. The molecule has 19 heavy (non-hydrogen) atoms. The molecule has 0 spiro atoms. The summed E-state index contributed by atoms with van der Waals surface area (Å²) in [4.78, 5) is 11.6. The molecule has 1 aromatic heterocycles. The number of aliphatic hydroxyl groups excluding tert-OH is 1. The minimum Gasteiger partial charge on any atom is -0.393 e. The van der Waals surface area contributed by atoms with E-state index in [4.69, 9.17) is 11.6 Å². The molecule has 1 aromatic rings. The second-order valence-electron chi connectivity index (χ2n) is 4.39. The van der Waals surface area contributed by atoms with Crippen LogP contribution in [0.1, 0.15) is 31.0 Å². The van der Waals surface area contributed by atoms with Gasteiger partial charge in [-0.2, -0.15) is 5.10 Å². The van der Waals surface area contributed by atoms with E-state index in [0.29, 0.717) is 24.5 Å². The maximum absolute atomic E-state index is 11.6. The van der Waals surface area contributed by atoms with Crippen molar-refractivity contribution in [2.75, 3.05) is 6.54 Å². The topological polar surface area (TPSA) is 67.2 Å². The lowest BCUT2D eigenvalue weighted by atomic mass is 10.2. The molecule has 2 N–H and O–H groups in total. The molecule has 106 valence electrons. The Bertz CT molecular complexity index is 469. The third kappa shape index (κ3) is 4.69. The van der Waals surface area contributed by atoms with Crippen molar-refractivity contribution in [2.45, 2.75) is 32.8 Å². The summed E-state index contributed by atoms with van der Waals surface area (Å²) in [5.74, 6) is -0.206. The number of aromatic nitrogens is 2. The molecule has 0 bridgehead atoms. The van der Waals surface area contributed by atoms with Gasteiger partial charge in [0.2, 0.25) is 5.91 Å². The lowest BCUT2D eigenvalue weighted by molar-refractivity contribution is -0.116.